The van der Waals surface area contributed by atoms with Crippen molar-refractivity contribution < 1.29 is 8.42 Å². The summed E-state index contributed by atoms with van der Waals surface area (Å²) in [7, 11) is -3.59. The Balaban J connectivity index is 2.05. The maximum Gasteiger partial charge on any atom is 0.196 e. The van der Waals surface area contributed by atoms with Gasteiger partial charge in [-0.25, -0.2) is 8.42 Å². The Labute approximate surface area is 156 Å². The highest BCUT2D eigenvalue weighted by Crippen LogP contribution is 2.52. The molecule has 2 atom stereocenters. The van der Waals surface area contributed by atoms with Crippen LogP contribution in [0.5, 0.6) is 0 Å². The molecule has 0 unspecified atom stereocenters. The molecule has 26 heavy (non-hydrogen) atoms. The predicted molar refractivity (Wildman–Crippen MR) is 105 cm³/mol. The van der Waals surface area contributed by atoms with Crippen molar-refractivity contribution in [2.45, 2.75) is 36.8 Å². The van der Waals surface area contributed by atoms with Gasteiger partial charge in [-0.15, -0.1) is 0 Å². The summed E-state index contributed by atoms with van der Waals surface area (Å²) >= 11 is 0. The Hall–Kier alpha value is -2.49. The zero-order chi connectivity index (χ0) is 18.8. The summed E-state index contributed by atoms with van der Waals surface area (Å²) in [4.78, 5) is 0.308. The summed E-state index contributed by atoms with van der Waals surface area (Å²) in [6.45, 7) is 6.06. The first-order chi connectivity index (χ1) is 12.2. The molecule has 2 nitrogen and oxygen atoms in total. The molecule has 0 aliphatic heterocycles. The average molecular weight is 362 g/mol. The van der Waals surface area contributed by atoms with Gasteiger partial charge in [0.2, 0.25) is 0 Å². The molecule has 132 valence electrons. The van der Waals surface area contributed by atoms with Crippen molar-refractivity contribution in [2.75, 3.05) is 0 Å². The largest absolute Gasteiger partial charge is 0.222 e. The van der Waals surface area contributed by atoms with Gasteiger partial charge in [0.25, 0.3) is 0 Å². The van der Waals surface area contributed by atoms with E-state index in [4.69, 9.17) is 0 Å². The lowest BCUT2D eigenvalue weighted by molar-refractivity contribution is 0.569. The van der Waals surface area contributed by atoms with Crippen LogP contribution in [0.4, 0.5) is 0 Å². The van der Waals surface area contributed by atoms with Crippen molar-refractivity contribution in [3.05, 3.63) is 66.2 Å². The van der Waals surface area contributed by atoms with E-state index in [0.29, 0.717) is 11.3 Å². The summed E-state index contributed by atoms with van der Waals surface area (Å²) in [5.41, 5.74) is 0.641. The van der Waals surface area contributed by atoms with Crippen molar-refractivity contribution in [1.29, 1.82) is 0 Å². The number of sulfone groups is 1. The lowest BCUT2D eigenvalue weighted by atomic mass is 9.98. The second-order valence-electron chi connectivity index (χ2n) is 7.60. The van der Waals surface area contributed by atoms with E-state index in [1.807, 2.05) is 57.2 Å². The molecule has 3 heteroatoms. The van der Waals surface area contributed by atoms with Gasteiger partial charge >= 0.3 is 0 Å². The van der Waals surface area contributed by atoms with Crippen molar-refractivity contribution in [2.24, 2.45) is 11.3 Å². The van der Waals surface area contributed by atoms with Crippen LogP contribution in [-0.2, 0) is 9.84 Å². The number of rotatable bonds is 2. The lowest BCUT2D eigenvalue weighted by Gasteiger charge is -2.12. The fourth-order valence-electron chi connectivity index (χ4n) is 2.73. The van der Waals surface area contributed by atoms with E-state index in [1.54, 1.807) is 24.3 Å². The van der Waals surface area contributed by atoms with Gasteiger partial charge < -0.3 is 0 Å². The summed E-state index contributed by atoms with van der Waals surface area (Å²) in [6, 6.07) is 18.0. The molecule has 1 aliphatic carbocycles. The molecule has 3 rings (SSSR count). The van der Waals surface area contributed by atoms with Crippen molar-refractivity contribution in [1.82, 2.24) is 0 Å². The van der Waals surface area contributed by atoms with Gasteiger partial charge in [0, 0.05) is 11.0 Å². The quantitative estimate of drug-likeness (QED) is 0.746. The second kappa shape index (κ2) is 6.67. The summed E-state index contributed by atoms with van der Waals surface area (Å²) < 4.78 is 25.5. The fourth-order valence-corrected chi connectivity index (χ4v) is 4.67. The Morgan fingerprint density at radius 2 is 1.54 bits per heavy atom. The monoisotopic (exact) mass is 362 g/mol. The van der Waals surface area contributed by atoms with Crippen LogP contribution >= 0.6 is 0 Å². The predicted octanol–water partition coefficient (Wildman–Crippen LogP) is 4.32. The van der Waals surface area contributed by atoms with Gasteiger partial charge in [0.15, 0.2) is 14.6 Å². The molecule has 1 fully saturated rings. The molecule has 1 aliphatic rings. The standard InChI is InChI=1S/C23H22O2S/c1-22(2,3)16-15-20-18-23(20,17-14-19-10-6-4-7-11-19)26(24,25)21-12-8-5-9-13-21/h4-13,20H,18H2,1-3H3/t20-,23-/m0/s1. The zero-order valence-electron chi connectivity index (χ0n) is 15.3. The SMILES string of the molecule is CC(C)(C)C#C[C@H]1C[C@]1(C#Cc1ccccc1)S(=O)(=O)c1ccccc1. The van der Waals surface area contributed by atoms with Gasteiger partial charge in [-0.1, -0.05) is 60.1 Å². The number of hydrogen-bond acceptors (Lipinski definition) is 2. The first-order valence-corrected chi connectivity index (χ1v) is 10.1. The average Bonchev–Trinajstić information content (AvgIpc) is 3.35. The molecular weight excluding hydrogens is 340 g/mol. The molecule has 0 amide bonds. The van der Waals surface area contributed by atoms with E-state index in [1.165, 1.54) is 0 Å². The Morgan fingerprint density at radius 3 is 2.12 bits per heavy atom. The first-order valence-electron chi connectivity index (χ1n) is 8.65. The van der Waals surface area contributed by atoms with Crippen LogP contribution in [0, 0.1) is 35.0 Å². The molecule has 0 radical (unpaired) electrons. The molecule has 0 N–H and O–H groups in total. The highest BCUT2D eigenvalue weighted by atomic mass is 32.2. The Morgan fingerprint density at radius 1 is 0.962 bits per heavy atom. The molecule has 2 aromatic carbocycles. The minimum Gasteiger partial charge on any atom is -0.222 e. The highest BCUT2D eigenvalue weighted by molar-refractivity contribution is 7.93. The van der Waals surface area contributed by atoms with Crippen LogP contribution < -0.4 is 0 Å². The normalized spacial score (nSPS) is 21.7. The molecule has 0 aromatic heterocycles. The van der Waals surface area contributed by atoms with E-state index in [9.17, 15) is 8.42 Å². The highest BCUT2D eigenvalue weighted by Gasteiger charge is 2.63. The molecular formula is C23H22O2S. The van der Waals surface area contributed by atoms with Crippen LogP contribution in [0.15, 0.2) is 65.6 Å². The van der Waals surface area contributed by atoms with Gasteiger partial charge in [-0.05, 0) is 51.5 Å². The number of benzene rings is 2. The van der Waals surface area contributed by atoms with Crippen LogP contribution in [-0.4, -0.2) is 13.2 Å². The Kier molecular flexibility index (Phi) is 4.70. The summed E-state index contributed by atoms with van der Waals surface area (Å²) in [5, 5.41) is 0. The van der Waals surface area contributed by atoms with Crippen molar-refractivity contribution in [3.8, 4) is 23.7 Å². The van der Waals surface area contributed by atoms with Gasteiger partial charge in [-0.2, -0.15) is 0 Å². The molecule has 0 bridgehead atoms. The zero-order valence-corrected chi connectivity index (χ0v) is 16.1. The first kappa shape index (κ1) is 18.3. The lowest BCUT2D eigenvalue weighted by Crippen LogP contribution is -2.24. The third-order valence-corrected chi connectivity index (χ3v) is 6.66. The van der Waals surface area contributed by atoms with Gasteiger partial charge in [0.1, 0.15) is 0 Å². The Bertz CT molecular complexity index is 1010. The van der Waals surface area contributed by atoms with Gasteiger partial charge in [0.05, 0.1) is 10.8 Å². The van der Waals surface area contributed by atoms with E-state index in [2.05, 4.69) is 23.7 Å². The van der Waals surface area contributed by atoms with Gasteiger partial charge in [-0.3, -0.25) is 0 Å². The van der Waals surface area contributed by atoms with Crippen LogP contribution in [0.2, 0.25) is 0 Å². The topological polar surface area (TPSA) is 34.1 Å². The van der Waals surface area contributed by atoms with Crippen molar-refractivity contribution >= 4 is 9.84 Å². The van der Waals surface area contributed by atoms with E-state index in [0.717, 1.165) is 5.56 Å². The molecule has 0 saturated heterocycles. The van der Waals surface area contributed by atoms with Crippen LogP contribution in [0.3, 0.4) is 0 Å². The minimum absolute atomic E-state index is 0.169. The van der Waals surface area contributed by atoms with E-state index >= 15 is 0 Å². The molecule has 1 saturated carbocycles. The third kappa shape index (κ3) is 3.69. The smallest absolute Gasteiger partial charge is 0.196 e. The molecule has 2 aromatic rings. The fraction of sp³-hybridized carbons (Fsp3) is 0.304. The maximum atomic E-state index is 13.3. The van der Waals surface area contributed by atoms with E-state index < -0.39 is 14.6 Å². The van der Waals surface area contributed by atoms with E-state index in [-0.39, 0.29) is 11.3 Å². The number of hydrogen-bond donors (Lipinski definition) is 0. The third-order valence-electron chi connectivity index (χ3n) is 4.26. The summed E-state index contributed by atoms with van der Waals surface area (Å²) in [5.74, 6) is 12.2. The van der Waals surface area contributed by atoms with Crippen LogP contribution in [0.25, 0.3) is 0 Å². The van der Waals surface area contributed by atoms with Crippen LogP contribution in [0.1, 0.15) is 32.8 Å². The maximum absolute atomic E-state index is 13.3. The molecule has 0 spiro atoms. The van der Waals surface area contributed by atoms with Crippen molar-refractivity contribution in [3.63, 3.8) is 0 Å². The minimum atomic E-state index is -3.59. The molecule has 0 heterocycles. The summed E-state index contributed by atoms with van der Waals surface area (Å²) in [6.07, 6.45) is 0.452. The second-order valence-corrected chi connectivity index (χ2v) is 9.80.